The largest absolute Gasteiger partial charge is 0.372 e. The maximum atomic E-state index is 5.95. The van der Waals surface area contributed by atoms with Crippen molar-refractivity contribution in [1.82, 2.24) is 5.32 Å². The minimum atomic E-state index is 0. The summed E-state index contributed by atoms with van der Waals surface area (Å²) in [4.78, 5) is 4.44. The van der Waals surface area contributed by atoms with Crippen LogP contribution in [0.5, 0.6) is 0 Å². The summed E-state index contributed by atoms with van der Waals surface area (Å²) in [6.07, 6.45) is 3.97. The molecule has 0 aliphatic heterocycles. The lowest BCUT2D eigenvalue weighted by Gasteiger charge is -2.25. The summed E-state index contributed by atoms with van der Waals surface area (Å²) >= 11 is 0. The summed E-state index contributed by atoms with van der Waals surface area (Å²) in [5.74, 6) is 1.32. The van der Waals surface area contributed by atoms with Crippen molar-refractivity contribution in [3.05, 3.63) is 71.3 Å². The zero-order valence-corrected chi connectivity index (χ0v) is 17.4. The lowest BCUT2D eigenvalue weighted by Crippen LogP contribution is -2.37. The number of nitrogens with two attached hydrogens (primary N) is 1. The van der Waals surface area contributed by atoms with E-state index in [1.165, 1.54) is 24.8 Å². The van der Waals surface area contributed by atoms with Gasteiger partial charge in [0.2, 0.25) is 0 Å². The standard InChI is InChI=1S/C21H27N3O.HI/c22-21(23-13-17-8-4-9-17)24-14-19-10-5-11-20(12-19)16-25-15-18-6-2-1-3-7-18;/h1-3,5-7,10-12,17H,4,8-9,13-16H2,(H3,22,23,24);1H. The van der Waals surface area contributed by atoms with Crippen LogP contribution >= 0.6 is 24.0 Å². The monoisotopic (exact) mass is 465 g/mol. The summed E-state index contributed by atoms with van der Waals surface area (Å²) in [6.45, 7) is 2.77. The summed E-state index contributed by atoms with van der Waals surface area (Å²) < 4.78 is 5.80. The Morgan fingerprint density at radius 3 is 2.42 bits per heavy atom. The first-order valence-electron chi connectivity index (χ1n) is 9.03. The van der Waals surface area contributed by atoms with Crippen LogP contribution in [0.1, 0.15) is 36.0 Å². The topological polar surface area (TPSA) is 59.6 Å². The first-order chi connectivity index (χ1) is 12.3. The normalized spacial score (nSPS) is 14.4. The van der Waals surface area contributed by atoms with Crippen LogP contribution in [0.25, 0.3) is 0 Å². The average molecular weight is 465 g/mol. The number of nitrogens with one attached hydrogen (secondary N) is 1. The second kappa shape index (κ2) is 11.2. The predicted molar refractivity (Wildman–Crippen MR) is 117 cm³/mol. The summed E-state index contributed by atoms with van der Waals surface area (Å²) in [5, 5.41) is 3.22. The number of aliphatic imine (C=N–C) groups is 1. The van der Waals surface area contributed by atoms with Gasteiger partial charge in [0.1, 0.15) is 0 Å². The van der Waals surface area contributed by atoms with Gasteiger partial charge in [-0.25, -0.2) is 4.99 Å². The molecule has 0 aromatic heterocycles. The molecule has 0 amide bonds. The Hall–Kier alpha value is -1.60. The first-order valence-corrected chi connectivity index (χ1v) is 9.03. The van der Waals surface area contributed by atoms with Gasteiger partial charge < -0.3 is 15.8 Å². The SMILES string of the molecule is I.NC(=NCc1cccc(COCc2ccccc2)c1)NCC1CCC1. The first kappa shape index (κ1) is 20.7. The van der Waals surface area contributed by atoms with Gasteiger partial charge >= 0.3 is 0 Å². The van der Waals surface area contributed by atoms with Crippen LogP contribution in [0.4, 0.5) is 0 Å². The Balaban J connectivity index is 0.00000243. The number of halogens is 1. The summed E-state index contributed by atoms with van der Waals surface area (Å²) in [5.41, 5.74) is 9.44. The molecule has 0 spiro atoms. The van der Waals surface area contributed by atoms with E-state index < -0.39 is 0 Å². The minimum Gasteiger partial charge on any atom is -0.372 e. The molecule has 1 aliphatic rings. The highest BCUT2D eigenvalue weighted by atomic mass is 127. The maximum absolute atomic E-state index is 5.95. The Morgan fingerprint density at radius 2 is 1.69 bits per heavy atom. The van der Waals surface area contributed by atoms with Crippen LogP contribution in [-0.4, -0.2) is 12.5 Å². The van der Waals surface area contributed by atoms with Crippen molar-refractivity contribution < 1.29 is 4.74 Å². The third-order valence-electron chi connectivity index (χ3n) is 4.60. The lowest BCUT2D eigenvalue weighted by atomic mass is 9.85. The van der Waals surface area contributed by atoms with Crippen LogP contribution in [0.3, 0.4) is 0 Å². The number of benzene rings is 2. The maximum Gasteiger partial charge on any atom is 0.188 e. The quantitative estimate of drug-likeness (QED) is 0.349. The van der Waals surface area contributed by atoms with Crippen molar-refractivity contribution in [2.45, 2.75) is 39.0 Å². The molecule has 0 radical (unpaired) electrons. The highest BCUT2D eigenvalue weighted by Crippen LogP contribution is 2.24. The zero-order chi connectivity index (χ0) is 17.3. The van der Waals surface area contributed by atoms with E-state index in [0.717, 1.165) is 23.6 Å². The fourth-order valence-electron chi connectivity index (χ4n) is 2.86. The van der Waals surface area contributed by atoms with Crippen LogP contribution < -0.4 is 11.1 Å². The van der Waals surface area contributed by atoms with Gasteiger partial charge in [-0.3, -0.25) is 0 Å². The fraction of sp³-hybridized carbons (Fsp3) is 0.381. The van der Waals surface area contributed by atoms with Gasteiger partial charge in [0, 0.05) is 6.54 Å². The van der Waals surface area contributed by atoms with Gasteiger partial charge in [0.15, 0.2) is 5.96 Å². The molecule has 1 fully saturated rings. The molecule has 2 aromatic rings. The van der Waals surface area contributed by atoms with E-state index in [1.807, 2.05) is 24.3 Å². The molecule has 1 saturated carbocycles. The minimum absolute atomic E-state index is 0. The molecular formula is C21H28IN3O. The van der Waals surface area contributed by atoms with Crippen molar-refractivity contribution in [3.63, 3.8) is 0 Å². The highest BCUT2D eigenvalue weighted by Gasteiger charge is 2.16. The van der Waals surface area contributed by atoms with Crippen LogP contribution in [0, 0.1) is 5.92 Å². The fourth-order valence-corrected chi connectivity index (χ4v) is 2.86. The highest BCUT2D eigenvalue weighted by molar-refractivity contribution is 14.0. The van der Waals surface area contributed by atoms with Crippen molar-refractivity contribution >= 4 is 29.9 Å². The van der Waals surface area contributed by atoms with Crippen molar-refractivity contribution in [1.29, 1.82) is 0 Å². The molecule has 0 atom stereocenters. The van der Waals surface area contributed by atoms with Gasteiger partial charge in [0.05, 0.1) is 19.8 Å². The van der Waals surface area contributed by atoms with Gasteiger partial charge in [-0.2, -0.15) is 0 Å². The van der Waals surface area contributed by atoms with Gasteiger partial charge in [-0.05, 0) is 35.4 Å². The Bertz CT molecular complexity index is 687. The molecular weight excluding hydrogens is 437 g/mol. The van der Waals surface area contributed by atoms with Crippen molar-refractivity contribution in [3.8, 4) is 0 Å². The molecule has 1 aliphatic carbocycles. The molecule has 3 rings (SSSR count). The van der Waals surface area contributed by atoms with Crippen molar-refractivity contribution in [2.24, 2.45) is 16.6 Å². The Kier molecular flexibility index (Phi) is 8.91. The van der Waals surface area contributed by atoms with E-state index in [9.17, 15) is 0 Å². The van der Waals surface area contributed by atoms with Gasteiger partial charge in [-0.15, -0.1) is 24.0 Å². The third-order valence-corrected chi connectivity index (χ3v) is 4.60. The molecule has 0 unspecified atom stereocenters. The van der Waals surface area contributed by atoms with E-state index >= 15 is 0 Å². The Morgan fingerprint density at radius 1 is 1.00 bits per heavy atom. The molecule has 0 bridgehead atoms. The number of nitrogens with zero attached hydrogens (tertiary/aromatic N) is 1. The second-order valence-corrected chi connectivity index (χ2v) is 6.68. The van der Waals surface area contributed by atoms with Crippen LogP contribution in [0.2, 0.25) is 0 Å². The molecule has 5 heteroatoms. The zero-order valence-electron chi connectivity index (χ0n) is 15.1. The molecule has 140 valence electrons. The predicted octanol–water partition coefficient (Wildman–Crippen LogP) is 4.23. The number of hydrogen-bond acceptors (Lipinski definition) is 2. The van der Waals surface area contributed by atoms with E-state index in [4.69, 9.17) is 10.5 Å². The van der Waals surface area contributed by atoms with Gasteiger partial charge in [-0.1, -0.05) is 61.0 Å². The lowest BCUT2D eigenvalue weighted by molar-refractivity contribution is 0.107. The number of guanidine groups is 1. The molecule has 26 heavy (non-hydrogen) atoms. The number of hydrogen-bond donors (Lipinski definition) is 2. The van der Waals surface area contributed by atoms with Crippen LogP contribution in [0.15, 0.2) is 59.6 Å². The van der Waals surface area contributed by atoms with E-state index in [2.05, 4.69) is 40.6 Å². The number of ether oxygens (including phenoxy) is 1. The molecule has 0 heterocycles. The second-order valence-electron chi connectivity index (χ2n) is 6.68. The number of rotatable bonds is 8. The molecule has 0 saturated heterocycles. The smallest absolute Gasteiger partial charge is 0.188 e. The van der Waals surface area contributed by atoms with E-state index in [1.54, 1.807) is 0 Å². The van der Waals surface area contributed by atoms with Gasteiger partial charge in [0.25, 0.3) is 0 Å². The van der Waals surface area contributed by atoms with Crippen molar-refractivity contribution in [2.75, 3.05) is 6.54 Å². The summed E-state index contributed by atoms with van der Waals surface area (Å²) in [7, 11) is 0. The molecule has 3 N–H and O–H groups in total. The average Bonchev–Trinajstić information content (AvgIpc) is 2.60. The Labute approximate surface area is 173 Å². The third kappa shape index (κ3) is 6.96. The van der Waals surface area contributed by atoms with E-state index in [-0.39, 0.29) is 24.0 Å². The molecule has 4 nitrogen and oxygen atoms in total. The molecule has 2 aromatic carbocycles. The van der Waals surface area contributed by atoms with E-state index in [0.29, 0.717) is 25.7 Å². The summed E-state index contributed by atoms with van der Waals surface area (Å²) in [6, 6.07) is 18.5. The van der Waals surface area contributed by atoms with Crippen LogP contribution in [-0.2, 0) is 24.5 Å².